The fourth-order valence-corrected chi connectivity index (χ4v) is 3.52. The minimum absolute atomic E-state index is 0.0912. The summed E-state index contributed by atoms with van der Waals surface area (Å²) < 4.78 is 95.3. The summed E-state index contributed by atoms with van der Waals surface area (Å²) in [6.07, 6.45) is -6.20. The van der Waals surface area contributed by atoms with Crippen LogP contribution < -0.4 is 15.0 Å². The van der Waals surface area contributed by atoms with Gasteiger partial charge in [0.05, 0.1) is 6.61 Å². The Balaban J connectivity index is 1.51. The van der Waals surface area contributed by atoms with E-state index in [0.29, 0.717) is 13.1 Å². The summed E-state index contributed by atoms with van der Waals surface area (Å²) in [4.78, 5) is 18.2. The number of carbonyl (C=O) groups excluding carboxylic acids is 1. The summed E-state index contributed by atoms with van der Waals surface area (Å²) >= 11 is 0. The fourth-order valence-electron chi connectivity index (χ4n) is 3.52. The molecule has 7 nitrogen and oxygen atoms in total. The van der Waals surface area contributed by atoms with E-state index in [4.69, 9.17) is 9.15 Å². The zero-order valence-electron chi connectivity index (χ0n) is 17.1. The minimum Gasteiger partial charge on any atom is -0.479 e. The lowest BCUT2D eigenvalue weighted by molar-refractivity contribution is -0.130. The Morgan fingerprint density at radius 2 is 2.00 bits per heavy atom. The van der Waals surface area contributed by atoms with Crippen LogP contribution in [-0.4, -0.2) is 55.4 Å². The van der Waals surface area contributed by atoms with Gasteiger partial charge in [-0.2, -0.15) is 26.9 Å². The van der Waals surface area contributed by atoms with Crippen LogP contribution in [0.5, 0.6) is 5.75 Å². The summed E-state index contributed by atoms with van der Waals surface area (Å²) in [6.45, 7) is -0.196. The molecule has 0 spiro atoms. The molecule has 2 aliphatic rings. The van der Waals surface area contributed by atoms with Crippen LogP contribution in [0.3, 0.4) is 0 Å². The molecular weight excluding hydrogens is 460 g/mol. The van der Waals surface area contributed by atoms with Crippen LogP contribution in [0.4, 0.5) is 38.0 Å². The number of benzene rings is 1. The van der Waals surface area contributed by atoms with E-state index in [1.807, 2.05) is 0 Å². The summed E-state index contributed by atoms with van der Waals surface area (Å²) in [5.41, 5.74) is -0.708. The van der Waals surface area contributed by atoms with Gasteiger partial charge in [-0.1, -0.05) is 0 Å². The predicted octanol–water partition coefficient (Wildman–Crippen LogP) is 4.18. The molecule has 1 amide bonds. The maximum absolute atomic E-state index is 14.4. The quantitative estimate of drug-likeness (QED) is 0.627. The molecule has 0 saturated carbocycles. The number of halogens is 6. The van der Waals surface area contributed by atoms with Gasteiger partial charge in [0.1, 0.15) is 18.8 Å². The second-order valence-corrected chi connectivity index (χ2v) is 7.74. The second-order valence-electron chi connectivity index (χ2n) is 7.74. The van der Waals surface area contributed by atoms with E-state index in [0.717, 1.165) is 31.0 Å². The number of nitrogens with zero attached hydrogens (tertiary/aromatic N) is 2. The molecular formula is C20H19F6N3O4. The van der Waals surface area contributed by atoms with Crippen LogP contribution in [0.25, 0.3) is 0 Å². The molecule has 13 heteroatoms. The second kappa shape index (κ2) is 8.76. The van der Waals surface area contributed by atoms with Crippen molar-refractivity contribution in [3.8, 4) is 5.75 Å². The standard InChI is InChI=1S/C20H19F6N3O4/c21-12-7-11(3-4-13(12)32-15-9-31-10-19(15,22)23)27-17(30)16-14(8-20(24,25)26)33-18(28-16)29-5-1-2-6-29/h3-4,7,15H,1-2,5-6,8-10H2,(H,27,30). The zero-order valence-corrected chi connectivity index (χ0v) is 17.1. The molecule has 3 heterocycles. The molecule has 33 heavy (non-hydrogen) atoms. The number of alkyl halides is 5. The Labute approximate surface area is 183 Å². The molecule has 0 aliphatic carbocycles. The molecule has 2 saturated heterocycles. The number of hydrogen-bond donors (Lipinski definition) is 1. The molecule has 0 radical (unpaired) electrons. The maximum Gasteiger partial charge on any atom is 0.396 e. The number of rotatable bonds is 6. The highest BCUT2D eigenvalue weighted by molar-refractivity contribution is 6.03. The summed E-state index contributed by atoms with van der Waals surface area (Å²) in [5, 5.41) is 2.25. The normalized spacial score (nSPS) is 20.3. The Bertz CT molecular complexity index is 1020. The molecule has 1 atom stereocenters. The van der Waals surface area contributed by atoms with Crippen LogP contribution in [-0.2, 0) is 11.2 Å². The van der Waals surface area contributed by atoms with E-state index in [1.54, 1.807) is 4.90 Å². The van der Waals surface area contributed by atoms with Crippen molar-refractivity contribution in [1.29, 1.82) is 0 Å². The molecule has 2 aliphatic heterocycles. The third-order valence-electron chi connectivity index (χ3n) is 5.13. The molecule has 2 aromatic rings. The Hall–Kier alpha value is -2.96. The Morgan fingerprint density at radius 3 is 2.61 bits per heavy atom. The third-order valence-corrected chi connectivity index (χ3v) is 5.13. The van der Waals surface area contributed by atoms with Gasteiger partial charge in [-0.3, -0.25) is 4.79 Å². The van der Waals surface area contributed by atoms with Crippen molar-refractivity contribution in [1.82, 2.24) is 4.98 Å². The van der Waals surface area contributed by atoms with E-state index in [9.17, 15) is 31.1 Å². The van der Waals surface area contributed by atoms with E-state index in [1.165, 1.54) is 0 Å². The van der Waals surface area contributed by atoms with Gasteiger partial charge in [0, 0.05) is 24.8 Å². The molecule has 180 valence electrons. The van der Waals surface area contributed by atoms with Crippen LogP contribution in [0.15, 0.2) is 22.6 Å². The molecule has 1 unspecified atom stereocenters. The van der Waals surface area contributed by atoms with Gasteiger partial charge < -0.3 is 24.1 Å². The van der Waals surface area contributed by atoms with Gasteiger partial charge in [0.25, 0.3) is 11.9 Å². The molecule has 1 aromatic carbocycles. The van der Waals surface area contributed by atoms with Crippen molar-refractivity contribution in [2.45, 2.75) is 37.5 Å². The van der Waals surface area contributed by atoms with Crippen LogP contribution in [0.1, 0.15) is 29.1 Å². The van der Waals surface area contributed by atoms with Gasteiger partial charge in [0.2, 0.25) is 0 Å². The van der Waals surface area contributed by atoms with Crippen molar-refractivity contribution < 1.29 is 45.0 Å². The number of anilines is 2. The lowest BCUT2D eigenvalue weighted by Crippen LogP contribution is -2.36. The lowest BCUT2D eigenvalue weighted by atomic mass is 10.2. The highest BCUT2D eigenvalue weighted by Gasteiger charge is 2.47. The zero-order chi connectivity index (χ0) is 23.8. The van der Waals surface area contributed by atoms with Gasteiger partial charge in [-0.05, 0) is 25.0 Å². The number of hydrogen-bond acceptors (Lipinski definition) is 6. The molecule has 1 N–H and O–H groups in total. The van der Waals surface area contributed by atoms with E-state index in [-0.39, 0.29) is 11.7 Å². The molecule has 1 aromatic heterocycles. The van der Waals surface area contributed by atoms with Gasteiger partial charge in [-0.15, -0.1) is 0 Å². The monoisotopic (exact) mass is 479 g/mol. The van der Waals surface area contributed by atoms with Crippen LogP contribution >= 0.6 is 0 Å². The predicted molar refractivity (Wildman–Crippen MR) is 102 cm³/mol. The number of carbonyl (C=O) groups is 1. The summed E-state index contributed by atoms with van der Waals surface area (Å²) in [6, 6.07) is 2.89. The number of aromatic nitrogens is 1. The van der Waals surface area contributed by atoms with Crippen LogP contribution in [0.2, 0.25) is 0 Å². The van der Waals surface area contributed by atoms with E-state index < -0.39 is 66.8 Å². The SMILES string of the molecule is O=C(Nc1ccc(OC2COCC2(F)F)c(F)c1)c1nc(N2CCCC2)oc1CC(F)(F)F. The van der Waals surface area contributed by atoms with Gasteiger partial charge >= 0.3 is 12.1 Å². The smallest absolute Gasteiger partial charge is 0.396 e. The highest BCUT2D eigenvalue weighted by atomic mass is 19.4. The van der Waals surface area contributed by atoms with Crippen molar-refractivity contribution in [2.75, 3.05) is 36.5 Å². The van der Waals surface area contributed by atoms with Crippen molar-refractivity contribution in [2.24, 2.45) is 0 Å². The van der Waals surface area contributed by atoms with E-state index >= 15 is 0 Å². The number of amides is 1. The Kier molecular flexibility index (Phi) is 6.16. The first kappa shape index (κ1) is 23.2. The average Bonchev–Trinajstić information content (AvgIpc) is 3.43. The average molecular weight is 479 g/mol. The maximum atomic E-state index is 14.4. The number of ether oxygens (including phenoxy) is 2. The van der Waals surface area contributed by atoms with Gasteiger partial charge in [0.15, 0.2) is 23.4 Å². The first-order valence-corrected chi connectivity index (χ1v) is 10.1. The van der Waals surface area contributed by atoms with Crippen molar-refractivity contribution in [3.05, 3.63) is 35.5 Å². The minimum atomic E-state index is -4.64. The largest absolute Gasteiger partial charge is 0.479 e. The lowest BCUT2D eigenvalue weighted by Gasteiger charge is -2.19. The van der Waals surface area contributed by atoms with E-state index in [2.05, 4.69) is 15.0 Å². The van der Waals surface area contributed by atoms with Crippen LogP contribution in [0, 0.1) is 5.82 Å². The van der Waals surface area contributed by atoms with Crippen molar-refractivity contribution >= 4 is 17.6 Å². The topological polar surface area (TPSA) is 76.8 Å². The fraction of sp³-hybridized carbons (Fsp3) is 0.500. The number of nitrogens with one attached hydrogen (secondary N) is 1. The van der Waals surface area contributed by atoms with Crippen molar-refractivity contribution in [3.63, 3.8) is 0 Å². The molecule has 4 rings (SSSR count). The first-order chi connectivity index (χ1) is 15.5. The summed E-state index contributed by atoms with van der Waals surface area (Å²) in [7, 11) is 0. The third kappa shape index (κ3) is 5.34. The summed E-state index contributed by atoms with van der Waals surface area (Å²) in [5.74, 6) is -6.52. The molecule has 0 bridgehead atoms. The number of oxazole rings is 1. The Morgan fingerprint density at radius 1 is 1.27 bits per heavy atom. The first-order valence-electron chi connectivity index (χ1n) is 10.1. The van der Waals surface area contributed by atoms with Gasteiger partial charge in [-0.25, -0.2) is 4.39 Å². The highest BCUT2D eigenvalue weighted by Crippen LogP contribution is 2.32. The molecule has 2 fully saturated rings.